The summed E-state index contributed by atoms with van der Waals surface area (Å²) in [6, 6.07) is 20.5. The molecule has 3 aromatic rings. The lowest BCUT2D eigenvalue weighted by molar-refractivity contribution is 0.0695. The molecule has 0 heterocycles. The van der Waals surface area contributed by atoms with Crippen LogP contribution in [0, 0.1) is 0 Å². The van der Waals surface area contributed by atoms with Crippen LogP contribution in [-0.2, 0) is 5.41 Å². The van der Waals surface area contributed by atoms with E-state index in [0.717, 1.165) is 16.9 Å². The smallest absolute Gasteiger partial charge is 0.335 e. The highest BCUT2D eigenvalue weighted by Gasteiger charge is 2.39. The summed E-state index contributed by atoms with van der Waals surface area (Å²) in [4.78, 5) is 16.3. The molecule has 4 nitrogen and oxygen atoms in total. The van der Waals surface area contributed by atoms with Crippen LogP contribution < -0.4 is 9.80 Å². The van der Waals surface area contributed by atoms with Crippen LogP contribution in [0.2, 0.25) is 0 Å². The summed E-state index contributed by atoms with van der Waals surface area (Å²) < 4.78 is 0. The van der Waals surface area contributed by atoms with E-state index in [0.29, 0.717) is 5.56 Å². The molecule has 0 atom stereocenters. The molecule has 0 bridgehead atoms. The first-order valence-corrected chi connectivity index (χ1v) is 10.6. The van der Waals surface area contributed by atoms with Crippen molar-refractivity contribution in [3.63, 3.8) is 0 Å². The van der Waals surface area contributed by atoms with Crippen molar-refractivity contribution in [2.45, 2.75) is 25.2 Å². The van der Waals surface area contributed by atoms with Crippen molar-refractivity contribution in [3.8, 4) is 0 Å². The van der Waals surface area contributed by atoms with Crippen LogP contribution >= 0.6 is 0 Å². The average Bonchev–Trinajstić information content (AvgIpc) is 2.73. The van der Waals surface area contributed by atoms with E-state index in [1.54, 1.807) is 12.1 Å². The van der Waals surface area contributed by atoms with Crippen LogP contribution in [0.25, 0.3) is 0 Å². The Balaban J connectivity index is 2.07. The first-order valence-electron chi connectivity index (χ1n) is 10.6. The normalized spacial score (nSPS) is 14.5. The standard InChI is InChI=1S/C27H30N2O2/c1-27(2)23-15-17(28(3)4)11-13-21(23)25(19-9-7-8-10-20(19)26(30)31)22-14-12-18(29(5)6)16-24(22)27/h7-16,25H,1-6H3,(H,30,31). The van der Waals surface area contributed by atoms with Crippen LogP contribution in [-0.4, -0.2) is 39.3 Å². The number of nitrogens with zero attached hydrogens (tertiary/aromatic N) is 2. The fourth-order valence-electron chi connectivity index (χ4n) is 4.82. The molecule has 0 unspecified atom stereocenters. The Hall–Kier alpha value is -3.27. The molecule has 4 heteroatoms. The molecule has 1 aliphatic carbocycles. The maximum absolute atomic E-state index is 12.1. The van der Waals surface area contributed by atoms with Crippen molar-refractivity contribution < 1.29 is 9.90 Å². The highest BCUT2D eigenvalue weighted by Crippen LogP contribution is 2.51. The summed E-state index contributed by atoms with van der Waals surface area (Å²) in [7, 11) is 8.19. The number of rotatable bonds is 4. The molecular formula is C27H30N2O2. The predicted molar refractivity (Wildman–Crippen MR) is 128 cm³/mol. The van der Waals surface area contributed by atoms with Gasteiger partial charge < -0.3 is 14.9 Å². The molecule has 0 aromatic heterocycles. The number of anilines is 2. The highest BCUT2D eigenvalue weighted by molar-refractivity contribution is 5.90. The molecule has 0 fully saturated rings. The monoisotopic (exact) mass is 414 g/mol. The Morgan fingerprint density at radius 2 is 1.26 bits per heavy atom. The second-order valence-corrected chi connectivity index (χ2v) is 9.28. The van der Waals surface area contributed by atoms with E-state index >= 15 is 0 Å². The summed E-state index contributed by atoms with van der Waals surface area (Å²) in [5.74, 6) is -1.02. The van der Waals surface area contributed by atoms with E-state index in [1.165, 1.54) is 22.3 Å². The van der Waals surface area contributed by atoms with Crippen molar-refractivity contribution in [2.75, 3.05) is 38.0 Å². The van der Waals surface area contributed by atoms with Crippen LogP contribution in [0.3, 0.4) is 0 Å². The third-order valence-corrected chi connectivity index (χ3v) is 6.58. The van der Waals surface area contributed by atoms with Crippen LogP contribution in [0.4, 0.5) is 11.4 Å². The van der Waals surface area contributed by atoms with E-state index in [-0.39, 0.29) is 11.3 Å². The van der Waals surface area contributed by atoms with Crippen molar-refractivity contribution in [1.82, 2.24) is 0 Å². The van der Waals surface area contributed by atoms with Crippen molar-refractivity contribution in [3.05, 3.63) is 94.0 Å². The summed E-state index contributed by atoms with van der Waals surface area (Å²) in [5.41, 5.74) is 8.11. The lowest BCUT2D eigenvalue weighted by Crippen LogP contribution is -2.31. The van der Waals surface area contributed by atoms with Gasteiger partial charge in [0.2, 0.25) is 0 Å². The Morgan fingerprint density at radius 3 is 1.71 bits per heavy atom. The number of carboxylic acid groups (broad SMARTS) is 1. The van der Waals surface area contributed by atoms with Crippen LogP contribution in [0.1, 0.15) is 57.9 Å². The zero-order valence-corrected chi connectivity index (χ0v) is 19.1. The SMILES string of the molecule is CN(C)c1ccc2c(c1)C(C)(C)c1cc(N(C)C)ccc1C2c1ccccc1C(=O)O. The number of benzene rings is 3. The molecule has 0 aliphatic heterocycles. The van der Waals surface area contributed by atoms with Gasteiger partial charge in [0.1, 0.15) is 0 Å². The molecule has 1 N–H and O–H groups in total. The fourth-order valence-corrected chi connectivity index (χ4v) is 4.82. The van der Waals surface area contributed by atoms with Gasteiger partial charge in [-0.25, -0.2) is 4.79 Å². The zero-order valence-electron chi connectivity index (χ0n) is 19.1. The second-order valence-electron chi connectivity index (χ2n) is 9.28. The summed E-state index contributed by atoms with van der Waals surface area (Å²) in [5, 5.41) is 9.92. The zero-order chi connectivity index (χ0) is 22.5. The molecule has 31 heavy (non-hydrogen) atoms. The van der Waals surface area contributed by atoms with E-state index < -0.39 is 5.97 Å². The fraction of sp³-hybridized carbons (Fsp3) is 0.296. The number of hydrogen-bond donors (Lipinski definition) is 1. The molecular weight excluding hydrogens is 384 g/mol. The molecule has 0 saturated carbocycles. The van der Waals surface area contributed by atoms with E-state index in [4.69, 9.17) is 0 Å². The van der Waals surface area contributed by atoms with E-state index in [1.807, 2.05) is 40.3 Å². The van der Waals surface area contributed by atoms with Gasteiger partial charge in [-0.1, -0.05) is 44.2 Å². The lowest BCUT2D eigenvalue weighted by Gasteiger charge is -2.41. The first kappa shape index (κ1) is 21.0. The minimum Gasteiger partial charge on any atom is -0.478 e. The molecule has 0 amide bonds. The largest absolute Gasteiger partial charge is 0.478 e. The van der Waals surface area contributed by atoms with Gasteiger partial charge >= 0.3 is 5.97 Å². The van der Waals surface area contributed by atoms with Crippen molar-refractivity contribution >= 4 is 17.3 Å². The average molecular weight is 415 g/mol. The van der Waals surface area contributed by atoms with Gasteiger partial charge in [-0.15, -0.1) is 0 Å². The van der Waals surface area contributed by atoms with Gasteiger partial charge in [0, 0.05) is 50.9 Å². The van der Waals surface area contributed by atoms with Gasteiger partial charge in [-0.05, 0) is 58.1 Å². The molecule has 4 rings (SSSR count). The molecule has 160 valence electrons. The Bertz CT molecular complexity index is 1100. The topological polar surface area (TPSA) is 43.8 Å². The first-order chi connectivity index (χ1) is 14.6. The molecule has 0 spiro atoms. The molecule has 0 radical (unpaired) electrons. The molecule has 1 aliphatic rings. The number of fused-ring (bicyclic) bond motifs is 2. The number of carbonyl (C=O) groups is 1. The second kappa shape index (κ2) is 7.45. The Labute approximate surface area is 184 Å². The lowest BCUT2D eigenvalue weighted by atomic mass is 9.63. The number of hydrogen-bond acceptors (Lipinski definition) is 3. The number of aromatic carboxylic acids is 1. The molecule has 3 aromatic carbocycles. The maximum atomic E-state index is 12.1. The Kier molecular flexibility index (Phi) is 5.04. The quantitative estimate of drug-likeness (QED) is 0.626. The predicted octanol–water partition coefficient (Wildman–Crippen LogP) is 5.34. The summed E-state index contributed by atoms with van der Waals surface area (Å²) in [6.07, 6.45) is 0. The number of carboxylic acids is 1. The third kappa shape index (κ3) is 3.36. The third-order valence-electron chi connectivity index (χ3n) is 6.58. The van der Waals surface area contributed by atoms with Gasteiger partial charge in [0.15, 0.2) is 0 Å². The maximum Gasteiger partial charge on any atom is 0.335 e. The van der Waals surface area contributed by atoms with Crippen LogP contribution in [0.15, 0.2) is 60.7 Å². The van der Waals surface area contributed by atoms with Crippen molar-refractivity contribution in [1.29, 1.82) is 0 Å². The van der Waals surface area contributed by atoms with Crippen molar-refractivity contribution in [2.24, 2.45) is 0 Å². The molecule has 0 saturated heterocycles. The van der Waals surface area contributed by atoms with Gasteiger partial charge in [0.05, 0.1) is 5.56 Å². The van der Waals surface area contributed by atoms with Crippen LogP contribution in [0.5, 0.6) is 0 Å². The van der Waals surface area contributed by atoms with Gasteiger partial charge in [-0.2, -0.15) is 0 Å². The van der Waals surface area contributed by atoms with E-state index in [9.17, 15) is 9.90 Å². The minimum absolute atomic E-state index is 0.127. The Morgan fingerprint density at radius 1 is 0.774 bits per heavy atom. The summed E-state index contributed by atoms with van der Waals surface area (Å²) in [6.45, 7) is 4.53. The summed E-state index contributed by atoms with van der Waals surface area (Å²) >= 11 is 0. The van der Waals surface area contributed by atoms with Gasteiger partial charge in [-0.3, -0.25) is 0 Å². The minimum atomic E-state index is -0.890. The highest BCUT2D eigenvalue weighted by atomic mass is 16.4. The van der Waals surface area contributed by atoms with E-state index in [2.05, 4.69) is 60.0 Å². The van der Waals surface area contributed by atoms with Gasteiger partial charge in [0.25, 0.3) is 0 Å².